The summed E-state index contributed by atoms with van der Waals surface area (Å²) in [6.45, 7) is 0. The van der Waals surface area contributed by atoms with Gasteiger partial charge in [0, 0.05) is 52.3 Å². The van der Waals surface area contributed by atoms with Gasteiger partial charge in [0.2, 0.25) is 0 Å². The molecule has 0 bridgehead atoms. The number of nitrogens with one attached hydrogen (secondary N) is 2. The van der Waals surface area contributed by atoms with Crippen LogP contribution in [0.2, 0.25) is 0 Å². The van der Waals surface area contributed by atoms with Crippen molar-refractivity contribution in [1.29, 1.82) is 0 Å². The quantitative estimate of drug-likeness (QED) is 0.275. The smallest absolute Gasteiger partial charge is 0.138 e. The Morgan fingerprint density at radius 1 is 0.730 bits per heavy atom. The molecule has 0 amide bonds. The Hall–Kier alpha value is -4.52. The number of rotatable bonds is 5. The van der Waals surface area contributed by atoms with E-state index in [1.54, 1.807) is 6.20 Å². The summed E-state index contributed by atoms with van der Waals surface area (Å²) < 4.78 is 6.27. The Balaban J connectivity index is 1.26. The molecule has 6 aromatic rings. The average molecular weight is 487 g/mol. The largest absolute Gasteiger partial charge is 0.489 e. The first-order valence-corrected chi connectivity index (χ1v) is 12.8. The molecule has 1 aliphatic rings. The highest BCUT2D eigenvalue weighted by Gasteiger charge is 2.17. The Kier molecular flexibility index (Phi) is 5.39. The fourth-order valence-corrected chi connectivity index (χ4v) is 5.35. The summed E-state index contributed by atoms with van der Waals surface area (Å²) in [5, 5.41) is 9.97. The molecule has 7 rings (SSSR count). The number of pyridine rings is 3. The van der Waals surface area contributed by atoms with E-state index < -0.39 is 0 Å². The lowest BCUT2D eigenvalue weighted by molar-refractivity contribution is 0.154. The number of benzene rings is 1. The van der Waals surface area contributed by atoms with Gasteiger partial charge in [-0.3, -0.25) is 20.1 Å². The zero-order valence-electron chi connectivity index (χ0n) is 20.3. The minimum atomic E-state index is 0.293. The summed E-state index contributed by atoms with van der Waals surface area (Å²) >= 11 is 0. The summed E-state index contributed by atoms with van der Waals surface area (Å²) in [5.41, 5.74) is 7.91. The second-order valence-electron chi connectivity index (χ2n) is 9.69. The highest BCUT2D eigenvalue weighted by atomic mass is 16.5. The first-order valence-electron chi connectivity index (χ1n) is 12.8. The molecular weight excluding hydrogens is 460 g/mol. The molecule has 5 aromatic heterocycles. The van der Waals surface area contributed by atoms with Crippen molar-refractivity contribution >= 4 is 21.8 Å². The lowest BCUT2D eigenvalue weighted by Crippen LogP contribution is -2.19. The maximum Gasteiger partial charge on any atom is 0.138 e. The van der Waals surface area contributed by atoms with Crippen LogP contribution >= 0.6 is 0 Å². The normalized spacial score (nSPS) is 14.4. The number of nitrogens with zero attached hydrogens (tertiary/aromatic N) is 4. The van der Waals surface area contributed by atoms with Gasteiger partial charge in [-0.1, -0.05) is 18.6 Å². The van der Waals surface area contributed by atoms with Gasteiger partial charge in [-0.05, 0) is 61.6 Å². The summed E-state index contributed by atoms with van der Waals surface area (Å²) in [7, 11) is 0. The molecule has 2 N–H and O–H groups in total. The molecule has 182 valence electrons. The molecule has 0 saturated heterocycles. The summed E-state index contributed by atoms with van der Waals surface area (Å²) in [6, 6.07) is 14.6. The Labute approximate surface area is 214 Å². The molecule has 1 aliphatic carbocycles. The SMILES string of the molecule is c1cncc(-c2cncc3[nH]c(-c4n[nH]c5ccc(-c6cncc(OC7CCCCC7)c6)cc45)cc23)c1. The molecule has 0 unspecified atom stereocenters. The van der Waals surface area contributed by atoms with Crippen LogP contribution in [0.1, 0.15) is 32.1 Å². The highest BCUT2D eigenvalue weighted by molar-refractivity contribution is 6.01. The van der Waals surface area contributed by atoms with Crippen LogP contribution in [0.25, 0.3) is 55.4 Å². The van der Waals surface area contributed by atoms with Gasteiger partial charge in [-0.25, -0.2) is 0 Å². The summed E-state index contributed by atoms with van der Waals surface area (Å²) in [6.07, 6.45) is 17.4. The fraction of sp³-hybridized carbons (Fsp3) is 0.200. The van der Waals surface area contributed by atoms with Crippen LogP contribution in [-0.4, -0.2) is 36.2 Å². The lowest BCUT2D eigenvalue weighted by Gasteiger charge is -2.23. The molecule has 5 heterocycles. The average Bonchev–Trinajstić information content (AvgIpc) is 3.58. The minimum absolute atomic E-state index is 0.293. The molecule has 7 heteroatoms. The molecule has 0 aliphatic heterocycles. The number of aromatic amines is 2. The first-order chi connectivity index (χ1) is 18.3. The van der Waals surface area contributed by atoms with E-state index in [0.29, 0.717) is 6.10 Å². The van der Waals surface area contributed by atoms with Crippen molar-refractivity contribution in [2.45, 2.75) is 38.2 Å². The van der Waals surface area contributed by atoms with Crippen LogP contribution in [0.5, 0.6) is 5.75 Å². The Morgan fingerprint density at radius 2 is 1.62 bits per heavy atom. The zero-order chi connectivity index (χ0) is 24.6. The van der Waals surface area contributed by atoms with Gasteiger partial charge < -0.3 is 9.72 Å². The molecule has 0 radical (unpaired) electrons. The van der Waals surface area contributed by atoms with E-state index in [4.69, 9.17) is 4.74 Å². The predicted molar refractivity (Wildman–Crippen MR) is 145 cm³/mol. The number of H-pyrrole nitrogens is 2. The molecule has 1 fully saturated rings. The second-order valence-corrected chi connectivity index (χ2v) is 9.69. The van der Waals surface area contributed by atoms with Crippen LogP contribution in [0.3, 0.4) is 0 Å². The molecule has 1 aromatic carbocycles. The molecule has 7 nitrogen and oxygen atoms in total. The van der Waals surface area contributed by atoms with Crippen molar-refractivity contribution in [2.75, 3.05) is 0 Å². The van der Waals surface area contributed by atoms with Gasteiger partial charge in [0.15, 0.2) is 0 Å². The highest BCUT2D eigenvalue weighted by Crippen LogP contribution is 2.35. The van der Waals surface area contributed by atoms with Crippen LogP contribution in [0.15, 0.2) is 79.6 Å². The zero-order valence-corrected chi connectivity index (χ0v) is 20.3. The van der Waals surface area contributed by atoms with E-state index in [1.165, 1.54) is 19.3 Å². The standard InChI is InChI=1S/C30H26N6O/c1-2-6-22(7-3-1)37-23-11-21(15-32-16-23)19-8-9-27-25(12-19)30(36-35-27)28-13-24-26(17-33-18-29(24)34-28)20-5-4-10-31-14-20/h4-5,8-18,22,34H,1-3,6-7H2,(H,35,36). The van der Waals surface area contributed by atoms with Gasteiger partial charge in [0.05, 0.1) is 35.2 Å². The maximum atomic E-state index is 6.27. The number of fused-ring (bicyclic) bond motifs is 2. The number of hydrogen-bond acceptors (Lipinski definition) is 5. The Morgan fingerprint density at radius 3 is 2.51 bits per heavy atom. The van der Waals surface area contributed by atoms with Gasteiger partial charge in [-0.15, -0.1) is 0 Å². The van der Waals surface area contributed by atoms with Gasteiger partial charge >= 0.3 is 0 Å². The van der Waals surface area contributed by atoms with Crippen molar-refractivity contribution < 1.29 is 4.74 Å². The maximum absolute atomic E-state index is 6.27. The number of aromatic nitrogens is 6. The lowest BCUT2D eigenvalue weighted by atomic mass is 9.98. The molecule has 1 saturated carbocycles. The van der Waals surface area contributed by atoms with Gasteiger partial charge in [0.25, 0.3) is 0 Å². The number of ether oxygens (including phenoxy) is 1. The minimum Gasteiger partial charge on any atom is -0.489 e. The van der Waals surface area contributed by atoms with Crippen LogP contribution < -0.4 is 4.74 Å². The Bertz CT molecular complexity index is 1700. The van der Waals surface area contributed by atoms with E-state index in [-0.39, 0.29) is 0 Å². The van der Waals surface area contributed by atoms with E-state index in [1.807, 2.05) is 43.1 Å². The van der Waals surface area contributed by atoms with Crippen molar-refractivity contribution in [3.8, 4) is 39.4 Å². The third-order valence-corrected chi connectivity index (χ3v) is 7.24. The van der Waals surface area contributed by atoms with E-state index >= 15 is 0 Å². The topological polar surface area (TPSA) is 92.4 Å². The van der Waals surface area contributed by atoms with Crippen molar-refractivity contribution in [1.82, 2.24) is 30.1 Å². The fourth-order valence-electron chi connectivity index (χ4n) is 5.35. The molecular formula is C30H26N6O. The third-order valence-electron chi connectivity index (χ3n) is 7.24. The monoisotopic (exact) mass is 486 g/mol. The van der Waals surface area contributed by atoms with Gasteiger partial charge in [0.1, 0.15) is 11.4 Å². The molecule has 37 heavy (non-hydrogen) atoms. The molecule has 0 atom stereocenters. The summed E-state index contributed by atoms with van der Waals surface area (Å²) in [4.78, 5) is 16.7. The van der Waals surface area contributed by atoms with E-state index in [2.05, 4.69) is 60.5 Å². The van der Waals surface area contributed by atoms with Crippen molar-refractivity contribution in [3.05, 3.63) is 79.6 Å². The van der Waals surface area contributed by atoms with Crippen LogP contribution in [-0.2, 0) is 0 Å². The molecule has 0 spiro atoms. The van der Waals surface area contributed by atoms with E-state index in [0.717, 1.165) is 74.0 Å². The second kappa shape index (κ2) is 9.17. The predicted octanol–water partition coefficient (Wildman–Crippen LogP) is 6.94. The van der Waals surface area contributed by atoms with E-state index in [9.17, 15) is 0 Å². The first kappa shape index (κ1) is 21.7. The van der Waals surface area contributed by atoms with Crippen molar-refractivity contribution in [2.24, 2.45) is 0 Å². The third kappa shape index (κ3) is 4.12. The van der Waals surface area contributed by atoms with Crippen molar-refractivity contribution in [3.63, 3.8) is 0 Å². The summed E-state index contributed by atoms with van der Waals surface area (Å²) in [5.74, 6) is 0.836. The van der Waals surface area contributed by atoms with Crippen LogP contribution in [0.4, 0.5) is 0 Å². The number of hydrogen-bond donors (Lipinski definition) is 2. The van der Waals surface area contributed by atoms with Gasteiger partial charge in [-0.2, -0.15) is 5.10 Å². The van der Waals surface area contributed by atoms with Crippen LogP contribution in [0, 0.1) is 0 Å².